The summed E-state index contributed by atoms with van der Waals surface area (Å²) in [6, 6.07) is 22.4. The van der Waals surface area contributed by atoms with Gasteiger partial charge in [0.2, 0.25) is 5.91 Å². The van der Waals surface area contributed by atoms with Gasteiger partial charge in [-0.3, -0.25) is 4.79 Å². The lowest BCUT2D eigenvalue weighted by Gasteiger charge is -2.11. The van der Waals surface area contributed by atoms with Crippen LogP contribution in [0.25, 0.3) is 21.9 Å². The van der Waals surface area contributed by atoms with Crippen LogP contribution in [0.2, 0.25) is 0 Å². The number of rotatable bonds is 3. The van der Waals surface area contributed by atoms with E-state index in [0.29, 0.717) is 0 Å². The van der Waals surface area contributed by atoms with Crippen LogP contribution >= 0.6 is 0 Å². The largest absolute Gasteiger partial charge is 0.369 e. The molecular weight excluding hydrogens is 246 g/mol. The van der Waals surface area contributed by atoms with Crippen molar-refractivity contribution in [1.29, 1.82) is 0 Å². The molecule has 3 aromatic rings. The van der Waals surface area contributed by atoms with Crippen molar-refractivity contribution in [3.05, 3.63) is 72.3 Å². The molecule has 3 aromatic carbocycles. The van der Waals surface area contributed by atoms with Gasteiger partial charge in [0.15, 0.2) is 0 Å². The number of carbonyl (C=O) groups is 1. The van der Waals surface area contributed by atoms with E-state index in [9.17, 15) is 4.79 Å². The predicted octanol–water partition coefficient (Wildman–Crippen LogP) is 3.53. The molecule has 0 unspecified atom stereocenters. The van der Waals surface area contributed by atoms with E-state index in [0.717, 1.165) is 22.1 Å². The Kier molecular flexibility index (Phi) is 3.21. The summed E-state index contributed by atoms with van der Waals surface area (Å²) >= 11 is 0. The zero-order valence-corrected chi connectivity index (χ0v) is 11.0. The SMILES string of the molecule is NC(=O)Cc1cc2ccccc2cc1-c1ccccc1. The molecule has 0 saturated heterocycles. The Morgan fingerprint density at radius 1 is 0.850 bits per heavy atom. The Bertz CT molecular complexity index is 763. The standard InChI is InChI=1S/C18H15NO/c19-18(20)12-16-10-14-8-4-5-9-15(14)11-17(16)13-6-2-1-3-7-13/h1-11H,12H2,(H2,19,20). The monoisotopic (exact) mass is 261 g/mol. The topological polar surface area (TPSA) is 43.1 Å². The molecule has 0 aliphatic carbocycles. The maximum Gasteiger partial charge on any atom is 0.221 e. The Morgan fingerprint density at radius 2 is 1.45 bits per heavy atom. The zero-order valence-electron chi connectivity index (χ0n) is 11.0. The fourth-order valence-electron chi connectivity index (χ4n) is 2.51. The molecule has 2 heteroatoms. The smallest absolute Gasteiger partial charge is 0.221 e. The van der Waals surface area contributed by atoms with Crippen molar-refractivity contribution in [3.8, 4) is 11.1 Å². The summed E-state index contributed by atoms with van der Waals surface area (Å²) in [4.78, 5) is 11.3. The highest BCUT2D eigenvalue weighted by molar-refractivity contribution is 5.91. The van der Waals surface area contributed by atoms with Crippen LogP contribution in [0.4, 0.5) is 0 Å². The highest BCUT2D eigenvalue weighted by Gasteiger charge is 2.09. The van der Waals surface area contributed by atoms with Crippen molar-refractivity contribution in [2.45, 2.75) is 6.42 Å². The number of fused-ring (bicyclic) bond motifs is 1. The quantitative estimate of drug-likeness (QED) is 0.770. The number of primary amides is 1. The molecule has 0 aliphatic heterocycles. The molecule has 0 bridgehead atoms. The average molecular weight is 261 g/mol. The second kappa shape index (κ2) is 5.17. The van der Waals surface area contributed by atoms with Crippen molar-refractivity contribution in [2.24, 2.45) is 5.73 Å². The lowest BCUT2D eigenvalue weighted by atomic mass is 9.94. The van der Waals surface area contributed by atoms with E-state index >= 15 is 0 Å². The first kappa shape index (κ1) is 12.4. The molecule has 0 saturated carbocycles. The van der Waals surface area contributed by atoms with Gasteiger partial charge in [0, 0.05) is 0 Å². The lowest BCUT2D eigenvalue weighted by molar-refractivity contribution is -0.117. The summed E-state index contributed by atoms with van der Waals surface area (Å²) in [5.41, 5.74) is 8.53. The third-order valence-corrected chi connectivity index (χ3v) is 3.42. The first-order chi connectivity index (χ1) is 9.74. The summed E-state index contributed by atoms with van der Waals surface area (Å²) in [5.74, 6) is -0.308. The van der Waals surface area contributed by atoms with E-state index in [1.807, 2.05) is 30.3 Å². The van der Waals surface area contributed by atoms with Gasteiger partial charge in [-0.15, -0.1) is 0 Å². The predicted molar refractivity (Wildman–Crippen MR) is 82.3 cm³/mol. The van der Waals surface area contributed by atoms with Crippen molar-refractivity contribution < 1.29 is 4.79 Å². The maximum atomic E-state index is 11.3. The summed E-state index contributed by atoms with van der Waals surface area (Å²) in [6.07, 6.45) is 0.259. The van der Waals surface area contributed by atoms with Crippen molar-refractivity contribution in [3.63, 3.8) is 0 Å². The van der Waals surface area contributed by atoms with E-state index in [1.54, 1.807) is 0 Å². The number of nitrogens with two attached hydrogens (primary N) is 1. The van der Waals surface area contributed by atoms with Gasteiger partial charge < -0.3 is 5.73 Å². The Morgan fingerprint density at radius 3 is 2.10 bits per heavy atom. The molecular formula is C18H15NO. The number of amides is 1. The minimum atomic E-state index is -0.308. The molecule has 0 fully saturated rings. The fourth-order valence-corrected chi connectivity index (χ4v) is 2.51. The van der Waals surface area contributed by atoms with E-state index in [1.165, 1.54) is 5.39 Å². The van der Waals surface area contributed by atoms with Gasteiger partial charge in [-0.05, 0) is 33.5 Å². The Labute approximate surface area is 117 Å². The van der Waals surface area contributed by atoms with Crippen LogP contribution in [0.3, 0.4) is 0 Å². The van der Waals surface area contributed by atoms with E-state index in [2.05, 4.69) is 36.4 Å². The van der Waals surface area contributed by atoms with Crippen LogP contribution in [-0.4, -0.2) is 5.91 Å². The average Bonchev–Trinajstić information content (AvgIpc) is 2.47. The number of benzene rings is 3. The van der Waals surface area contributed by atoms with Gasteiger partial charge in [0.1, 0.15) is 0 Å². The van der Waals surface area contributed by atoms with Gasteiger partial charge in [-0.1, -0.05) is 60.7 Å². The van der Waals surface area contributed by atoms with Crippen molar-refractivity contribution in [1.82, 2.24) is 0 Å². The van der Waals surface area contributed by atoms with Crippen molar-refractivity contribution in [2.75, 3.05) is 0 Å². The van der Waals surface area contributed by atoms with Crippen LogP contribution in [0.5, 0.6) is 0 Å². The van der Waals surface area contributed by atoms with Crippen LogP contribution in [0.1, 0.15) is 5.56 Å². The first-order valence-corrected chi connectivity index (χ1v) is 6.59. The number of hydrogen-bond acceptors (Lipinski definition) is 1. The van der Waals surface area contributed by atoms with E-state index in [-0.39, 0.29) is 12.3 Å². The molecule has 0 heterocycles. The van der Waals surface area contributed by atoms with Gasteiger partial charge in [0.05, 0.1) is 6.42 Å². The third-order valence-electron chi connectivity index (χ3n) is 3.42. The number of carbonyl (C=O) groups excluding carboxylic acids is 1. The highest BCUT2D eigenvalue weighted by atomic mass is 16.1. The molecule has 2 N–H and O–H groups in total. The zero-order chi connectivity index (χ0) is 13.9. The van der Waals surface area contributed by atoms with Crippen LogP contribution in [0.15, 0.2) is 66.7 Å². The van der Waals surface area contributed by atoms with Gasteiger partial charge in [-0.25, -0.2) is 0 Å². The summed E-state index contributed by atoms with van der Waals surface area (Å²) in [6.45, 7) is 0. The lowest BCUT2D eigenvalue weighted by Crippen LogP contribution is -2.14. The van der Waals surface area contributed by atoms with Crippen LogP contribution < -0.4 is 5.73 Å². The molecule has 2 nitrogen and oxygen atoms in total. The summed E-state index contributed by atoms with van der Waals surface area (Å²) in [5, 5.41) is 2.29. The van der Waals surface area contributed by atoms with Gasteiger partial charge in [-0.2, -0.15) is 0 Å². The Balaban J connectivity index is 2.24. The molecule has 0 atom stereocenters. The first-order valence-electron chi connectivity index (χ1n) is 6.59. The molecule has 1 amide bonds. The second-order valence-corrected chi connectivity index (χ2v) is 4.87. The van der Waals surface area contributed by atoms with Crippen molar-refractivity contribution >= 4 is 16.7 Å². The molecule has 98 valence electrons. The molecule has 3 rings (SSSR count). The number of hydrogen-bond donors (Lipinski definition) is 1. The minimum absolute atomic E-state index is 0.259. The highest BCUT2D eigenvalue weighted by Crippen LogP contribution is 2.29. The van der Waals surface area contributed by atoms with E-state index < -0.39 is 0 Å². The minimum Gasteiger partial charge on any atom is -0.369 e. The van der Waals surface area contributed by atoms with Crippen LogP contribution in [-0.2, 0) is 11.2 Å². The normalized spacial score (nSPS) is 10.6. The molecule has 0 aliphatic rings. The molecule has 0 aromatic heterocycles. The Hall–Kier alpha value is -2.61. The van der Waals surface area contributed by atoms with Gasteiger partial charge >= 0.3 is 0 Å². The third kappa shape index (κ3) is 2.41. The molecule has 20 heavy (non-hydrogen) atoms. The summed E-state index contributed by atoms with van der Waals surface area (Å²) in [7, 11) is 0. The van der Waals surface area contributed by atoms with Crippen LogP contribution in [0, 0.1) is 0 Å². The summed E-state index contributed by atoms with van der Waals surface area (Å²) < 4.78 is 0. The fraction of sp³-hybridized carbons (Fsp3) is 0.0556. The molecule has 0 radical (unpaired) electrons. The van der Waals surface area contributed by atoms with E-state index in [4.69, 9.17) is 5.73 Å². The van der Waals surface area contributed by atoms with Gasteiger partial charge in [0.25, 0.3) is 0 Å². The molecule has 0 spiro atoms. The maximum absolute atomic E-state index is 11.3. The second-order valence-electron chi connectivity index (χ2n) is 4.87.